The molecule has 0 spiro atoms. The fourth-order valence-electron chi connectivity index (χ4n) is 2.77. The maximum atomic E-state index is 14.1. The first-order chi connectivity index (χ1) is 14.8. The van der Waals surface area contributed by atoms with Crippen molar-refractivity contribution < 1.29 is 23.1 Å². The van der Waals surface area contributed by atoms with Crippen LogP contribution < -0.4 is 15.0 Å². The Bertz CT molecular complexity index is 1140. The maximum absolute atomic E-state index is 14.1. The molecule has 2 heterocycles. The number of hydrogen-bond acceptors (Lipinski definition) is 6. The van der Waals surface area contributed by atoms with E-state index in [0.717, 1.165) is 12.1 Å². The van der Waals surface area contributed by atoms with E-state index in [1.807, 2.05) is 0 Å². The first kappa shape index (κ1) is 21.8. The molecule has 2 amide bonds. The smallest absolute Gasteiger partial charge is 0.289 e. The zero-order valence-corrected chi connectivity index (χ0v) is 17.0. The Morgan fingerprint density at radius 2 is 1.97 bits per heavy atom. The van der Waals surface area contributed by atoms with Gasteiger partial charge in [0.05, 0.1) is 19.3 Å². The highest BCUT2D eigenvalue weighted by Crippen LogP contribution is 2.25. The summed E-state index contributed by atoms with van der Waals surface area (Å²) >= 11 is 0. The number of ether oxygens (including phenoxy) is 1. The Hall–Kier alpha value is -3.95. The van der Waals surface area contributed by atoms with Crippen LogP contribution in [0.25, 0.3) is 11.3 Å². The average molecular weight is 427 g/mol. The van der Waals surface area contributed by atoms with Crippen LogP contribution in [0.1, 0.15) is 16.2 Å². The van der Waals surface area contributed by atoms with E-state index >= 15 is 0 Å². The molecule has 0 bridgehead atoms. The second-order valence-electron chi connectivity index (χ2n) is 6.51. The standard InChI is InChI=1S/C21H19F2N5O3/c1-12-10-25-19(27-18(12)14-7-6-13(22)9-15(14)23)21(30)26-11-17(29)28(2)20-16(31-3)5-4-8-24-20/h4-10H,11H2,1-3H3,(H,26,30). The summed E-state index contributed by atoms with van der Waals surface area (Å²) in [6, 6.07) is 6.39. The van der Waals surface area contributed by atoms with Crippen LogP contribution in [0.15, 0.2) is 42.7 Å². The molecule has 0 aliphatic carbocycles. The molecule has 0 aliphatic rings. The molecule has 10 heteroatoms. The Morgan fingerprint density at radius 1 is 1.19 bits per heavy atom. The molecule has 0 aliphatic heterocycles. The lowest BCUT2D eigenvalue weighted by Crippen LogP contribution is -2.39. The highest BCUT2D eigenvalue weighted by atomic mass is 19.1. The number of methoxy groups -OCH3 is 1. The van der Waals surface area contributed by atoms with Gasteiger partial charge in [0.1, 0.15) is 11.6 Å². The van der Waals surface area contributed by atoms with Crippen LogP contribution in [-0.2, 0) is 4.79 Å². The van der Waals surface area contributed by atoms with Crippen molar-refractivity contribution in [1.29, 1.82) is 0 Å². The van der Waals surface area contributed by atoms with E-state index in [0.29, 0.717) is 17.1 Å². The van der Waals surface area contributed by atoms with Gasteiger partial charge < -0.3 is 10.1 Å². The molecule has 3 aromatic rings. The van der Waals surface area contributed by atoms with Crippen LogP contribution >= 0.6 is 0 Å². The van der Waals surface area contributed by atoms with Crippen molar-refractivity contribution in [3.05, 3.63) is 65.7 Å². The number of amides is 2. The van der Waals surface area contributed by atoms with Crippen LogP contribution in [0.4, 0.5) is 14.6 Å². The largest absolute Gasteiger partial charge is 0.493 e. The molecular formula is C21H19F2N5O3. The summed E-state index contributed by atoms with van der Waals surface area (Å²) in [4.78, 5) is 38.3. The second-order valence-corrected chi connectivity index (χ2v) is 6.51. The SMILES string of the molecule is COc1cccnc1N(C)C(=O)CNC(=O)c1ncc(C)c(-c2ccc(F)cc2F)n1. The molecule has 2 aromatic heterocycles. The van der Waals surface area contributed by atoms with Crippen LogP contribution in [0.2, 0.25) is 0 Å². The molecule has 1 N–H and O–H groups in total. The minimum absolute atomic E-state index is 0.0356. The predicted octanol–water partition coefficient (Wildman–Crippen LogP) is 2.53. The number of likely N-dealkylation sites (N-methyl/N-ethyl adjacent to an activating group) is 1. The number of carbonyl (C=O) groups is 2. The fraction of sp³-hybridized carbons (Fsp3) is 0.190. The van der Waals surface area contributed by atoms with Crippen LogP contribution in [0, 0.1) is 18.6 Å². The highest BCUT2D eigenvalue weighted by Gasteiger charge is 2.19. The maximum Gasteiger partial charge on any atom is 0.289 e. The average Bonchev–Trinajstić information content (AvgIpc) is 2.77. The van der Waals surface area contributed by atoms with E-state index in [9.17, 15) is 18.4 Å². The van der Waals surface area contributed by atoms with Gasteiger partial charge >= 0.3 is 0 Å². The number of anilines is 1. The Kier molecular flexibility index (Phi) is 6.49. The summed E-state index contributed by atoms with van der Waals surface area (Å²) in [5.74, 6) is -2.27. The predicted molar refractivity (Wildman–Crippen MR) is 109 cm³/mol. The summed E-state index contributed by atoms with van der Waals surface area (Å²) < 4.78 is 32.5. The van der Waals surface area contributed by atoms with Crippen molar-refractivity contribution in [3.63, 3.8) is 0 Å². The lowest BCUT2D eigenvalue weighted by atomic mass is 10.1. The second kappa shape index (κ2) is 9.24. The molecule has 0 atom stereocenters. The summed E-state index contributed by atoms with van der Waals surface area (Å²) in [5.41, 5.74) is 0.688. The van der Waals surface area contributed by atoms with Crippen LogP contribution in [0.3, 0.4) is 0 Å². The zero-order chi connectivity index (χ0) is 22.5. The number of hydrogen-bond donors (Lipinski definition) is 1. The molecular weight excluding hydrogens is 408 g/mol. The Balaban J connectivity index is 1.74. The van der Waals surface area contributed by atoms with Crippen LogP contribution in [0.5, 0.6) is 5.75 Å². The number of halogens is 2. The van der Waals surface area contributed by atoms with Gasteiger partial charge in [0, 0.05) is 31.1 Å². The van der Waals surface area contributed by atoms with Crippen molar-refractivity contribution in [2.75, 3.05) is 25.6 Å². The molecule has 0 unspecified atom stereocenters. The number of nitrogens with zero attached hydrogens (tertiary/aromatic N) is 4. The first-order valence-corrected chi connectivity index (χ1v) is 9.14. The molecule has 1 aromatic carbocycles. The van der Waals surface area contributed by atoms with E-state index in [-0.39, 0.29) is 23.6 Å². The molecule has 160 valence electrons. The summed E-state index contributed by atoms with van der Waals surface area (Å²) in [6.07, 6.45) is 2.86. The third kappa shape index (κ3) is 4.80. The quantitative estimate of drug-likeness (QED) is 0.649. The minimum atomic E-state index is -0.811. The molecule has 0 radical (unpaired) electrons. The highest BCUT2D eigenvalue weighted by molar-refractivity contribution is 5.99. The monoisotopic (exact) mass is 427 g/mol. The number of rotatable bonds is 6. The number of aromatic nitrogens is 3. The molecule has 3 rings (SSSR count). The number of nitrogens with one attached hydrogen (secondary N) is 1. The van der Waals surface area contributed by atoms with Gasteiger partial charge in [-0.25, -0.2) is 23.7 Å². The van der Waals surface area contributed by atoms with Crippen molar-refractivity contribution in [1.82, 2.24) is 20.3 Å². The lowest BCUT2D eigenvalue weighted by Gasteiger charge is -2.18. The van der Waals surface area contributed by atoms with Crippen molar-refractivity contribution in [2.45, 2.75) is 6.92 Å². The van der Waals surface area contributed by atoms with Crippen molar-refractivity contribution >= 4 is 17.6 Å². The zero-order valence-electron chi connectivity index (χ0n) is 17.0. The number of benzene rings is 1. The third-order valence-electron chi connectivity index (χ3n) is 4.42. The van der Waals surface area contributed by atoms with Gasteiger partial charge in [0.25, 0.3) is 5.91 Å². The van der Waals surface area contributed by atoms with Gasteiger partial charge in [-0.15, -0.1) is 0 Å². The number of carbonyl (C=O) groups excluding carboxylic acids is 2. The molecule has 8 nitrogen and oxygen atoms in total. The number of aryl methyl sites for hydroxylation is 1. The Labute approximate surface area is 176 Å². The van der Waals surface area contributed by atoms with Crippen molar-refractivity contribution in [2.24, 2.45) is 0 Å². The van der Waals surface area contributed by atoms with Gasteiger partial charge in [-0.2, -0.15) is 0 Å². The minimum Gasteiger partial charge on any atom is -0.493 e. The van der Waals surface area contributed by atoms with Crippen molar-refractivity contribution in [3.8, 4) is 17.0 Å². The van der Waals surface area contributed by atoms with E-state index in [1.165, 1.54) is 37.5 Å². The fourth-order valence-corrected chi connectivity index (χ4v) is 2.77. The number of pyridine rings is 1. The molecule has 0 fully saturated rings. The normalized spacial score (nSPS) is 10.5. The van der Waals surface area contributed by atoms with E-state index < -0.39 is 23.4 Å². The van der Waals surface area contributed by atoms with E-state index in [2.05, 4.69) is 20.3 Å². The van der Waals surface area contributed by atoms with Crippen LogP contribution in [-0.4, -0.2) is 47.5 Å². The van der Waals surface area contributed by atoms with Gasteiger partial charge in [-0.05, 0) is 36.8 Å². The van der Waals surface area contributed by atoms with Gasteiger partial charge in [-0.1, -0.05) is 0 Å². The third-order valence-corrected chi connectivity index (χ3v) is 4.42. The van der Waals surface area contributed by atoms with Gasteiger partial charge in [-0.3, -0.25) is 14.5 Å². The van der Waals surface area contributed by atoms with Gasteiger partial charge in [0.15, 0.2) is 11.6 Å². The lowest BCUT2D eigenvalue weighted by molar-refractivity contribution is -0.117. The van der Waals surface area contributed by atoms with E-state index in [1.54, 1.807) is 19.1 Å². The topological polar surface area (TPSA) is 97.3 Å². The molecule has 0 saturated heterocycles. The summed E-state index contributed by atoms with van der Waals surface area (Å²) in [7, 11) is 2.95. The Morgan fingerprint density at radius 3 is 2.68 bits per heavy atom. The van der Waals surface area contributed by atoms with Gasteiger partial charge in [0.2, 0.25) is 11.7 Å². The van der Waals surface area contributed by atoms with E-state index in [4.69, 9.17) is 4.74 Å². The summed E-state index contributed by atoms with van der Waals surface area (Å²) in [5, 5.41) is 2.43. The first-order valence-electron chi connectivity index (χ1n) is 9.14. The molecule has 31 heavy (non-hydrogen) atoms. The summed E-state index contributed by atoms with van der Waals surface area (Å²) in [6.45, 7) is 1.28. The molecule has 0 saturated carbocycles.